The Kier molecular flexibility index (Phi) is 4.62. The lowest BCUT2D eigenvalue weighted by molar-refractivity contribution is -0.0498. The summed E-state index contributed by atoms with van der Waals surface area (Å²) in [5.41, 5.74) is 0.533. The molecule has 2 rings (SSSR count). The quantitative estimate of drug-likeness (QED) is 0.883. The molecular weight excluding hydrogens is 268 g/mol. The van der Waals surface area contributed by atoms with Crippen molar-refractivity contribution in [3.8, 4) is 17.2 Å². The lowest BCUT2D eigenvalue weighted by Gasteiger charge is -2.06. The van der Waals surface area contributed by atoms with Gasteiger partial charge in [-0.25, -0.2) is 0 Å². The summed E-state index contributed by atoms with van der Waals surface area (Å²) in [4.78, 5) is 0. The van der Waals surface area contributed by atoms with Crippen molar-refractivity contribution in [2.45, 2.75) is 26.5 Å². The monoisotopic (exact) mass is 283 g/mol. The van der Waals surface area contributed by atoms with Gasteiger partial charge in [-0.1, -0.05) is 13.0 Å². The highest BCUT2D eigenvalue weighted by atomic mass is 19.3. The zero-order chi connectivity index (χ0) is 14.5. The van der Waals surface area contributed by atoms with E-state index < -0.39 is 6.61 Å². The number of nitrogens with one attached hydrogen (secondary N) is 1. The number of ether oxygens (including phenoxy) is 1. The van der Waals surface area contributed by atoms with E-state index in [9.17, 15) is 8.78 Å². The van der Waals surface area contributed by atoms with Crippen LogP contribution in [-0.2, 0) is 0 Å². The maximum absolute atomic E-state index is 12.2. The molecule has 108 valence electrons. The molecule has 0 saturated carbocycles. The molecule has 1 atom stereocenters. The zero-order valence-corrected chi connectivity index (χ0v) is 11.1. The Balaban J connectivity index is 2.19. The Morgan fingerprint density at radius 3 is 2.85 bits per heavy atom. The van der Waals surface area contributed by atoms with Crippen molar-refractivity contribution < 1.29 is 17.9 Å². The molecule has 2 aromatic rings. The molecule has 0 radical (unpaired) electrons. The first kappa shape index (κ1) is 14.4. The molecule has 0 aliphatic carbocycles. The molecular formula is C13H15F2N3O2. The number of aromatic nitrogens is 2. The molecule has 1 aromatic heterocycles. The summed E-state index contributed by atoms with van der Waals surface area (Å²) in [7, 11) is 0. The molecule has 1 unspecified atom stereocenters. The maximum atomic E-state index is 12.2. The van der Waals surface area contributed by atoms with Gasteiger partial charge < -0.3 is 14.5 Å². The van der Waals surface area contributed by atoms with E-state index in [1.807, 2.05) is 13.8 Å². The van der Waals surface area contributed by atoms with E-state index in [1.165, 1.54) is 12.1 Å². The third-order valence-electron chi connectivity index (χ3n) is 2.63. The van der Waals surface area contributed by atoms with Gasteiger partial charge in [0.1, 0.15) is 5.75 Å². The van der Waals surface area contributed by atoms with Crippen LogP contribution >= 0.6 is 0 Å². The molecule has 1 N–H and O–H groups in total. The van der Waals surface area contributed by atoms with Gasteiger partial charge in [0.15, 0.2) is 0 Å². The Bertz CT molecular complexity index is 560. The van der Waals surface area contributed by atoms with Crippen LogP contribution < -0.4 is 10.1 Å². The number of hydrogen-bond acceptors (Lipinski definition) is 5. The zero-order valence-electron chi connectivity index (χ0n) is 11.1. The van der Waals surface area contributed by atoms with Crippen LogP contribution in [0.2, 0.25) is 0 Å². The highest BCUT2D eigenvalue weighted by molar-refractivity contribution is 5.55. The van der Waals surface area contributed by atoms with Crippen LogP contribution in [0.15, 0.2) is 28.7 Å². The van der Waals surface area contributed by atoms with Gasteiger partial charge in [-0.05, 0) is 31.7 Å². The van der Waals surface area contributed by atoms with Crippen molar-refractivity contribution in [1.82, 2.24) is 15.5 Å². The molecule has 1 aromatic carbocycles. The molecule has 0 spiro atoms. The third kappa shape index (κ3) is 3.51. The summed E-state index contributed by atoms with van der Waals surface area (Å²) < 4.78 is 34.2. The Morgan fingerprint density at radius 1 is 1.35 bits per heavy atom. The van der Waals surface area contributed by atoms with Crippen molar-refractivity contribution in [3.05, 3.63) is 30.2 Å². The largest absolute Gasteiger partial charge is 0.435 e. The smallest absolute Gasteiger partial charge is 0.387 e. The second-order valence-corrected chi connectivity index (χ2v) is 4.13. The summed E-state index contributed by atoms with van der Waals surface area (Å²) in [6, 6.07) is 6.08. The number of alkyl halides is 2. The van der Waals surface area contributed by atoms with Crippen molar-refractivity contribution in [1.29, 1.82) is 0 Å². The van der Waals surface area contributed by atoms with Crippen LogP contribution in [0, 0.1) is 0 Å². The maximum Gasteiger partial charge on any atom is 0.387 e. The normalized spacial score (nSPS) is 12.7. The van der Waals surface area contributed by atoms with Gasteiger partial charge >= 0.3 is 6.61 Å². The fourth-order valence-corrected chi connectivity index (χ4v) is 1.73. The lowest BCUT2D eigenvalue weighted by atomic mass is 10.2. The average Bonchev–Trinajstić information content (AvgIpc) is 2.88. The van der Waals surface area contributed by atoms with E-state index in [0.717, 1.165) is 6.54 Å². The van der Waals surface area contributed by atoms with E-state index in [2.05, 4.69) is 20.3 Å². The van der Waals surface area contributed by atoms with Gasteiger partial charge in [0.05, 0.1) is 6.04 Å². The Hall–Kier alpha value is -2.02. The molecule has 1 heterocycles. The molecule has 7 heteroatoms. The molecule has 20 heavy (non-hydrogen) atoms. The van der Waals surface area contributed by atoms with Crippen LogP contribution in [0.4, 0.5) is 8.78 Å². The first-order valence-corrected chi connectivity index (χ1v) is 6.22. The molecule has 0 aliphatic heterocycles. The van der Waals surface area contributed by atoms with Crippen molar-refractivity contribution in [2.75, 3.05) is 6.54 Å². The molecule has 0 saturated heterocycles. The number of halogens is 2. The Morgan fingerprint density at radius 2 is 2.15 bits per heavy atom. The van der Waals surface area contributed by atoms with Crippen LogP contribution in [-0.4, -0.2) is 23.4 Å². The van der Waals surface area contributed by atoms with Crippen molar-refractivity contribution >= 4 is 0 Å². The number of nitrogens with zero attached hydrogens (tertiary/aromatic N) is 2. The van der Waals surface area contributed by atoms with Crippen molar-refractivity contribution in [2.24, 2.45) is 0 Å². The minimum absolute atomic E-state index is 0.0528. The number of rotatable bonds is 6. The SMILES string of the molecule is CCNC(C)c1nnc(-c2cccc(OC(F)F)c2)o1. The fraction of sp³-hybridized carbons (Fsp3) is 0.385. The van der Waals surface area contributed by atoms with Gasteiger partial charge in [-0.15, -0.1) is 10.2 Å². The lowest BCUT2D eigenvalue weighted by Crippen LogP contribution is -2.17. The topological polar surface area (TPSA) is 60.2 Å². The summed E-state index contributed by atoms with van der Waals surface area (Å²) in [6.07, 6.45) is 0. The summed E-state index contributed by atoms with van der Waals surface area (Å²) in [6.45, 7) is 1.78. The van der Waals surface area contributed by atoms with Crippen molar-refractivity contribution in [3.63, 3.8) is 0 Å². The van der Waals surface area contributed by atoms with E-state index >= 15 is 0 Å². The van der Waals surface area contributed by atoms with Crippen LogP contribution in [0.5, 0.6) is 5.75 Å². The minimum atomic E-state index is -2.86. The predicted octanol–water partition coefficient (Wildman–Crippen LogP) is 3.01. The second-order valence-electron chi connectivity index (χ2n) is 4.13. The van der Waals surface area contributed by atoms with Gasteiger partial charge in [0, 0.05) is 5.56 Å². The fourth-order valence-electron chi connectivity index (χ4n) is 1.73. The summed E-state index contributed by atoms with van der Waals surface area (Å²) in [5.74, 6) is 0.767. The molecule has 0 aliphatic rings. The minimum Gasteiger partial charge on any atom is -0.435 e. The van der Waals surface area contributed by atoms with Crippen LogP contribution in [0.1, 0.15) is 25.8 Å². The highest BCUT2D eigenvalue weighted by Gasteiger charge is 2.14. The third-order valence-corrected chi connectivity index (χ3v) is 2.63. The molecule has 5 nitrogen and oxygen atoms in total. The van der Waals surface area contributed by atoms with Crippen LogP contribution in [0.25, 0.3) is 11.5 Å². The van der Waals surface area contributed by atoms with E-state index in [4.69, 9.17) is 4.42 Å². The van der Waals surface area contributed by atoms with Gasteiger partial charge in [0.25, 0.3) is 0 Å². The summed E-state index contributed by atoms with van der Waals surface area (Å²) in [5, 5.41) is 11.0. The van der Waals surface area contributed by atoms with E-state index in [1.54, 1.807) is 12.1 Å². The average molecular weight is 283 g/mol. The number of hydrogen-bond donors (Lipinski definition) is 1. The van der Waals surface area contributed by atoms with Crippen LogP contribution in [0.3, 0.4) is 0 Å². The van der Waals surface area contributed by atoms with E-state index in [0.29, 0.717) is 11.5 Å². The highest BCUT2D eigenvalue weighted by Crippen LogP contribution is 2.25. The Labute approximate surface area is 115 Å². The van der Waals surface area contributed by atoms with Gasteiger partial charge in [0.2, 0.25) is 11.8 Å². The predicted molar refractivity (Wildman–Crippen MR) is 68.5 cm³/mol. The van der Waals surface area contributed by atoms with Gasteiger partial charge in [-0.2, -0.15) is 8.78 Å². The molecule has 0 fully saturated rings. The first-order valence-electron chi connectivity index (χ1n) is 6.22. The number of benzene rings is 1. The van der Waals surface area contributed by atoms with Gasteiger partial charge in [-0.3, -0.25) is 0 Å². The molecule has 0 bridgehead atoms. The second kappa shape index (κ2) is 6.42. The first-order chi connectivity index (χ1) is 9.60. The van der Waals surface area contributed by atoms with E-state index in [-0.39, 0.29) is 17.7 Å². The summed E-state index contributed by atoms with van der Waals surface area (Å²) >= 11 is 0. The molecule has 0 amide bonds. The standard InChI is InChI=1S/C13H15F2N3O2/c1-3-16-8(2)11-17-18-12(20-11)9-5-4-6-10(7-9)19-13(14)15/h4-8,13,16H,3H2,1-2H3.